The molecule has 2 aromatic carbocycles. The summed E-state index contributed by atoms with van der Waals surface area (Å²) < 4.78 is 23.7. The number of carbonyl (C=O) groups is 3. The van der Waals surface area contributed by atoms with Gasteiger partial charge in [-0.15, -0.1) is 0 Å². The summed E-state index contributed by atoms with van der Waals surface area (Å²) in [6, 6.07) is 12.9. The molecule has 3 rings (SSSR count). The quantitative estimate of drug-likeness (QED) is 0.589. The van der Waals surface area contributed by atoms with Crippen LogP contribution in [0, 0.1) is 5.82 Å². The molecule has 0 unspecified atom stereocenters. The molecule has 0 saturated heterocycles. The van der Waals surface area contributed by atoms with Crippen LogP contribution < -0.4 is 10.6 Å². The fraction of sp³-hybridized carbons (Fsp3) is 0.0500. The van der Waals surface area contributed by atoms with E-state index in [1.807, 2.05) is 0 Å². The van der Waals surface area contributed by atoms with Gasteiger partial charge in [0.2, 0.25) is 0 Å². The highest BCUT2D eigenvalue weighted by molar-refractivity contribution is 6.30. The lowest BCUT2D eigenvalue weighted by molar-refractivity contribution is -0.119. The molecule has 1 heterocycles. The maximum atomic E-state index is 13.7. The molecule has 0 bridgehead atoms. The fourth-order valence-corrected chi connectivity index (χ4v) is 2.51. The first kappa shape index (κ1) is 20.1. The molecular formula is C20H14ClFN2O5. The van der Waals surface area contributed by atoms with Crippen molar-refractivity contribution in [1.82, 2.24) is 0 Å². The number of rotatable bonds is 6. The van der Waals surface area contributed by atoms with Crippen molar-refractivity contribution >= 4 is 40.8 Å². The van der Waals surface area contributed by atoms with Crippen LogP contribution in [0.3, 0.4) is 0 Å². The average molecular weight is 417 g/mol. The van der Waals surface area contributed by atoms with Crippen molar-refractivity contribution in [1.29, 1.82) is 0 Å². The molecule has 0 fully saturated rings. The summed E-state index contributed by atoms with van der Waals surface area (Å²) in [6.45, 7) is -0.651. The first-order valence-electron chi connectivity index (χ1n) is 8.30. The number of esters is 1. The van der Waals surface area contributed by atoms with Gasteiger partial charge in [0.25, 0.3) is 11.8 Å². The number of ether oxygens (including phenoxy) is 1. The lowest BCUT2D eigenvalue weighted by atomic mass is 10.1. The molecular weight excluding hydrogens is 403 g/mol. The van der Waals surface area contributed by atoms with E-state index in [2.05, 4.69) is 10.6 Å². The van der Waals surface area contributed by atoms with Gasteiger partial charge in [0.05, 0.1) is 23.2 Å². The van der Waals surface area contributed by atoms with Crippen LogP contribution in [0.1, 0.15) is 20.9 Å². The van der Waals surface area contributed by atoms with Gasteiger partial charge in [0, 0.05) is 5.02 Å². The van der Waals surface area contributed by atoms with Crippen LogP contribution in [0.15, 0.2) is 65.3 Å². The number of hydrogen-bond acceptors (Lipinski definition) is 5. The minimum Gasteiger partial charge on any atom is -0.459 e. The number of nitrogens with one attached hydrogen (secondary N) is 2. The molecule has 9 heteroatoms. The Kier molecular flexibility index (Phi) is 6.25. The van der Waals surface area contributed by atoms with E-state index in [4.69, 9.17) is 20.8 Å². The Morgan fingerprint density at radius 2 is 1.79 bits per heavy atom. The van der Waals surface area contributed by atoms with Gasteiger partial charge in [-0.25, -0.2) is 9.18 Å². The normalized spacial score (nSPS) is 10.3. The topological polar surface area (TPSA) is 97.6 Å². The zero-order valence-corrected chi connectivity index (χ0v) is 15.5. The predicted molar refractivity (Wildman–Crippen MR) is 103 cm³/mol. The molecule has 29 heavy (non-hydrogen) atoms. The number of anilines is 2. The Morgan fingerprint density at radius 3 is 2.52 bits per heavy atom. The zero-order valence-electron chi connectivity index (χ0n) is 14.8. The highest BCUT2D eigenvalue weighted by Crippen LogP contribution is 2.20. The van der Waals surface area contributed by atoms with Gasteiger partial charge in [-0.3, -0.25) is 9.59 Å². The van der Waals surface area contributed by atoms with Gasteiger partial charge in [-0.1, -0.05) is 23.7 Å². The molecule has 0 aliphatic rings. The Bertz CT molecular complexity index is 1050. The summed E-state index contributed by atoms with van der Waals surface area (Å²) >= 11 is 5.65. The zero-order chi connectivity index (χ0) is 20.8. The lowest BCUT2D eigenvalue weighted by Gasteiger charge is -2.11. The van der Waals surface area contributed by atoms with Crippen LogP contribution in [0.4, 0.5) is 15.8 Å². The summed E-state index contributed by atoms with van der Waals surface area (Å²) in [5.41, 5.74) is 0.127. The number of para-hydroxylation sites is 1. The SMILES string of the molecule is O=C(COC(=O)c1ccccc1NC(=O)c1ccco1)Nc1ccc(Cl)cc1F. The van der Waals surface area contributed by atoms with Crippen molar-refractivity contribution in [2.45, 2.75) is 0 Å². The Labute approximate surface area is 169 Å². The Balaban J connectivity index is 1.62. The largest absolute Gasteiger partial charge is 0.459 e. The van der Waals surface area contributed by atoms with Gasteiger partial charge in [-0.2, -0.15) is 0 Å². The maximum absolute atomic E-state index is 13.7. The highest BCUT2D eigenvalue weighted by atomic mass is 35.5. The van der Waals surface area contributed by atoms with Crippen LogP contribution in [0.2, 0.25) is 5.02 Å². The smallest absolute Gasteiger partial charge is 0.340 e. The van der Waals surface area contributed by atoms with E-state index in [0.717, 1.165) is 6.07 Å². The summed E-state index contributed by atoms with van der Waals surface area (Å²) in [6.07, 6.45) is 1.34. The van der Waals surface area contributed by atoms with Gasteiger partial charge in [0.15, 0.2) is 12.4 Å². The molecule has 7 nitrogen and oxygen atoms in total. The van der Waals surface area contributed by atoms with E-state index in [9.17, 15) is 18.8 Å². The number of amides is 2. The predicted octanol–water partition coefficient (Wildman–Crippen LogP) is 4.12. The van der Waals surface area contributed by atoms with Gasteiger partial charge < -0.3 is 19.8 Å². The molecule has 3 aromatic rings. The molecule has 0 atom stereocenters. The summed E-state index contributed by atoms with van der Waals surface area (Å²) in [5.74, 6) is -2.78. The molecule has 0 spiro atoms. The molecule has 0 aliphatic carbocycles. The van der Waals surface area contributed by atoms with Crippen LogP contribution in [-0.4, -0.2) is 24.4 Å². The first-order valence-corrected chi connectivity index (χ1v) is 8.68. The third-order valence-electron chi connectivity index (χ3n) is 3.68. The summed E-state index contributed by atoms with van der Waals surface area (Å²) in [5, 5.41) is 5.00. The number of carbonyl (C=O) groups excluding carboxylic acids is 3. The molecule has 1 aromatic heterocycles. The highest BCUT2D eigenvalue weighted by Gasteiger charge is 2.18. The van der Waals surface area contributed by atoms with E-state index < -0.39 is 30.2 Å². The van der Waals surface area contributed by atoms with Crippen LogP contribution in [0.5, 0.6) is 0 Å². The minimum atomic E-state index is -0.841. The van der Waals surface area contributed by atoms with Crippen LogP contribution in [0.25, 0.3) is 0 Å². The van der Waals surface area contributed by atoms with Gasteiger partial charge >= 0.3 is 5.97 Å². The van der Waals surface area contributed by atoms with Gasteiger partial charge in [-0.05, 0) is 42.5 Å². The van der Waals surface area contributed by atoms with Crippen LogP contribution in [-0.2, 0) is 9.53 Å². The molecule has 0 aliphatic heterocycles. The average Bonchev–Trinajstić information content (AvgIpc) is 3.24. The minimum absolute atomic E-state index is 0.0397. The molecule has 0 saturated carbocycles. The van der Waals surface area contributed by atoms with Gasteiger partial charge in [0.1, 0.15) is 5.82 Å². The first-order chi connectivity index (χ1) is 13.9. The lowest BCUT2D eigenvalue weighted by Crippen LogP contribution is -2.22. The number of furan rings is 1. The molecule has 2 N–H and O–H groups in total. The number of hydrogen-bond donors (Lipinski definition) is 2. The van der Waals surface area contributed by atoms with E-state index in [1.165, 1.54) is 36.6 Å². The maximum Gasteiger partial charge on any atom is 0.340 e. The Hall–Kier alpha value is -3.65. The number of benzene rings is 2. The van der Waals surface area contributed by atoms with Crippen molar-refractivity contribution in [2.75, 3.05) is 17.2 Å². The second-order valence-electron chi connectivity index (χ2n) is 5.73. The third-order valence-corrected chi connectivity index (χ3v) is 3.91. The van der Waals surface area contributed by atoms with E-state index >= 15 is 0 Å². The summed E-state index contributed by atoms with van der Waals surface area (Å²) in [7, 11) is 0. The number of halogens is 2. The van der Waals surface area contributed by atoms with Crippen molar-refractivity contribution in [3.05, 3.63) is 83.0 Å². The third kappa shape index (κ3) is 5.20. The molecule has 0 radical (unpaired) electrons. The van der Waals surface area contributed by atoms with Crippen molar-refractivity contribution in [2.24, 2.45) is 0 Å². The molecule has 2 amide bonds. The van der Waals surface area contributed by atoms with Crippen molar-refractivity contribution in [3.8, 4) is 0 Å². The van der Waals surface area contributed by atoms with E-state index in [-0.39, 0.29) is 27.7 Å². The van der Waals surface area contributed by atoms with E-state index in [0.29, 0.717) is 0 Å². The standard InChI is InChI=1S/C20H14ClFN2O5/c21-12-7-8-16(14(22)10-12)23-18(25)11-29-20(27)13-4-1-2-5-15(13)24-19(26)17-6-3-9-28-17/h1-10H,11H2,(H,23,25)(H,24,26). The monoisotopic (exact) mass is 416 g/mol. The molecule has 148 valence electrons. The Morgan fingerprint density at radius 1 is 1.00 bits per heavy atom. The second-order valence-corrected chi connectivity index (χ2v) is 6.16. The fourth-order valence-electron chi connectivity index (χ4n) is 2.35. The second kappa shape index (κ2) is 9.03. The summed E-state index contributed by atoms with van der Waals surface area (Å²) in [4.78, 5) is 36.4. The van der Waals surface area contributed by atoms with Crippen LogP contribution >= 0.6 is 11.6 Å². The van der Waals surface area contributed by atoms with E-state index in [1.54, 1.807) is 18.2 Å². The van der Waals surface area contributed by atoms with Crippen molar-refractivity contribution < 1.29 is 27.9 Å². The van der Waals surface area contributed by atoms with Crippen molar-refractivity contribution in [3.63, 3.8) is 0 Å².